The van der Waals surface area contributed by atoms with Gasteiger partial charge >= 0.3 is 0 Å². The van der Waals surface area contributed by atoms with E-state index in [1.807, 2.05) is 0 Å². The fourth-order valence-electron chi connectivity index (χ4n) is 3.74. The first-order valence-electron chi connectivity index (χ1n) is 9.08. The van der Waals surface area contributed by atoms with Gasteiger partial charge in [-0.05, 0) is 48.2 Å². The molecule has 1 amide bonds. The third kappa shape index (κ3) is 4.81. The lowest BCUT2D eigenvalue weighted by Crippen LogP contribution is -2.46. The summed E-state index contributed by atoms with van der Waals surface area (Å²) in [6.45, 7) is 0.257. The second kappa shape index (κ2) is 8.59. The highest BCUT2D eigenvalue weighted by molar-refractivity contribution is 6.42. The van der Waals surface area contributed by atoms with Gasteiger partial charge in [-0.15, -0.1) is 0 Å². The van der Waals surface area contributed by atoms with Crippen LogP contribution in [0.2, 0.25) is 10.0 Å². The van der Waals surface area contributed by atoms with Crippen LogP contribution in [0.4, 0.5) is 4.39 Å². The average Bonchev–Trinajstić information content (AvgIpc) is 2.65. The monoisotopic (exact) mass is 409 g/mol. The van der Waals surface area contributed by atoms with Crippen LogP contribution in [-0.2, 0) is 11.3 Å². The van der Waals surface area contributed by atoms with E-state index in [0.29, 0.717) is 28.5 Å². The Kier molecular flexibility index (Phi) is 6.40. The lowest BCUT2D eigenvalue weighted by Gasteiger charge is -2.38. The molecule has 1 aliphatic rings. The van der Waals surface area contributed by atoms with E-state index in [9.17, 15) is 14.3 Å². The standard InChI is InChI=1S/C21H22Cl2FNO2/c22-17-9-6-15(12-18(17)23)19(21(27)10-2-1-3-11-21)20(26)25-13-14-4-7-16(24)8-5-14/h4-9,12,19,27H,1-3,10-11,13H2,(H,25,26). The molecule has 1 fully saturated rings. The molecular weight excluding hydrogens is 388 g/mol. The van der Waals surface area contributed by atoms with Gasteiger partial charge in [-0.25, -0.2) is 4.39 Å². The lowest BCUT2D eigenvalue weighted by atomic mass is 9.72. The van der Waals surface area contributed by atoms with Crippen molar-refractivity contribution in [1.82, 2.24) is 5.32 Å². The third-order valence-corrected chi connectivity index (χ3v) is 5.91. The molecule has 0 spiro atoms. The highest BCUT2D eigenvalue weighted by atomic mass is 35.5. The van der Waals surface area contributed by atoms with E-state index in [1.165, 1.54) is 12.1 Å². The Balaban J connectivity index is 1.85. The molecule has 27 heavy (non-hydrogen) atoms. The summed E-state index contributed by atoms with van der Waals surface area (Å²) in [7, 11) is 0. The number of nitrogens with one attached hydrogen (secondary N) is 1. The number of amides is 1. The van der Waals surface area contributed by atoms with Crippen LogP contribution in [0.5, 0.6) is 0 Å². The van der Waals surface area contributed by atoms with Gasteiger partial charge in [-0.2, -0.15) is 0 Å². The highest BCUT2D eigenvalue weighted by Gasteiger charge is 2.43. The number of halogens is 3. The maximum absolute atomic E-state index is 13.1. The van der Waals surface area contributed by atoms with Crippen molar-refractivity contribution in [1.29, 1.82) is 0 Å². The number of rotatable bonds is 5. The summed E-state index contributed by atoms with van der Waals surface area (Å²) in [6, 6.07) is 11.0. The third-order valence-electron chi connectivity index (χ3n) is 5.18. The van der Waals surface area contributed by atoms with Gasteiger partial charge in [-0.3, -0.25) is 4.79 Å². The van der Waals surface area contributed by atoms with E-state index >= 15 is 0 Å². The molecule has 1 atom stereocenters. The van der Waals surface area contributed by atoms with Crippen LogP contribution in [-0.4, -0.2) is 16.6 Å². The summed E-state index contributed by atoms with van der Waals surface area (Å²) in [5.41, 5.74) is 0.307. The summed E-state index contributed by atoms with van der Waals surface area (Å²) in [5.74, 6) is -1.34. The van der Waals surface area contributed by atoms with Crippen LogP contribution in [0.1, 0.15) is 49.1 Å². The van der Waals surface area contributed by atoms with E-state index in [0.717, 1.165) is 24.8 Å². The summed E-state index contributed by atoms with van der Waals surface area (Å²) in [5, 5.41) is 14.9. The Hall–Kier alpha value is -1.62. The van der Waals surface area contributed by atoms with Crippen LogP contribution in [0, 0.1) is 5.82 Å². The summed E-state index contributed by atoms with van der Waals surface area (Å²) in [6.07, 6.45) is 3.91. The van der Waals surface area contributed by atoms with Crippen LogP contribution in [0.3, 0.4) is 0 Å². The smallest absolute Gasteiger partial charge is 0.230 e. The van der Waals surface area contributed by atoms with Gasteiger partial charge < -0.3 is 10.4 Å². The zero-order valence-electron chi connectivity index (χ0n) is 14.9. The van der Waals surface area contributed by atoms with Crippen molar-refractivity contribution in [3.05, 3.63) is 69.5 Å². The zero-order valence-corrected chi connectivity index (χ0v) is 16.4. The first kappa shape index (κ1) is 20.1. The van der Waals surface area contributed by atoms with Crippen molar-refractivity contribution in [2.45, 2.75) is 50.2 Å². The molecule has 0 saturated heterocycles. The highest BCUT2D eigenvalue weighted by Crippen LogP contribution is 2.41. The molecule has 2 aromatic carbocycles. The topological polar surface area (TPSA) is 49.3 Å². The molecule has 6 heteroatoms. The lowest BCUT2D eigenvalue weighted by molar-refractivity contribution is -0.131. The number of benzene rings is 2. The quantitative estimate of drug-likeness (QED) is 0.710. The van der Waals surface area contributed by atoms with Gasteiger partial charge in [0.25, 0.3) is 0 Å². The van der Waals surface area contributed by atoms with Crippen LogP contribution >= 0.6 is 23.2 Å². The molecule has 1 saturated carbocycles. The molecular formula is C21H22Cl2FNO2. The van der Waals surface area contributed by atoms with Crippen molar-refractivity contribution in [3.63, 3.8) is 0 Å². The second-order valence-electron chi connectivity index (χ2n) is 7.12. The minimum atomic E-state index is -1.12. The molecule has 0 aromatic heterocycles. The first-order valence-corrected chi connectivity index (χ1v) is 9.84. The van der Waals surface area contributed by atoms with Crippen molar-refractivity contribution >= 4 is 29.1 Å². The molecule has 0 radical (unpaired) electrons. The SMILES string of the molecule is O=C(NCc1ccc(F)cc1)C(c1ccc(Cl)c(Cl)c1)C1(O)CCCCC1. The van der Waals surface area contributed by atoms with Gasteiger partial charge in [0, 0.05) is 6.54 Å². The van der Waals surface area contributed by atoms with Crippen LogP contribution in [0.15, 0.2) is 42.5 Å². The summed E-state index contributed by atoms with van der Waals surface area (Å²) in [4.78, 5) is 13.1. The number of carbonyl (C=O) groups excluding carboxylic acids is 1. The molecule has 0 heterocycles. The normalized spacial score (nSPS) is 17.3. The fraction of sp³-hybridized carbons (Fsp3) is 0.381. The number of aliphatic hydroxyl groups is 1. The van der Waals surface area contributed by atoms with Gasteiger partial charge in [0.05, 0.1) is 21.6 Å². The molecule has 1 aliphatic carbocycles. The molecule has 1 unspecified atom stereocenters. The Bertz CT molecular complexity index is 804. The predicted octanol–water partition coefficient (Wildman–Crippen LogP) is 5.23. The summed E-state index contributed by atoms with van der Waals surface area (Å²) < 4.78 is 13.1. The minimum Gasteiger partial charge on any atom is -0.389 e. The molecule has 2 aromatic rings. The number of hydrogen-bond acceptors (Lipinski definition) is 2. The molecule has 2 N–H and O–H groups in total. The van der Waals surface area contributed by atoms with Gasteiger partial charge in [0.15, 0.2) is 0 Å². The maximum Gasteiger partial charge on any atom is 0.230 e. The van der Waals surface area contributed by atoms with E-state index in [-0.39, 0.29) is 18.3 Å². The van der Waals surface area contributed by atoms with Gasteiger partial charge in [-0.1, -0.05) is 60.7 Å². The second-order valence-corrected chi connectivity index (χ2v) is 7.93. The van der Waals surface area contributed by atoms with Crippen molar-refractivity contribution in [3.8, 4) is 0 Å². The number of carbonyl (C=O) groups is 1. The zero-order chi connectivity index (χ0) is 19.4. The van der Waals surface area contributed by atoms with E-state index in [1.54, 1.807) is 30.3 Å². The Labute approximate surface area is 168 Å². The fourth-order valence-corrected chi connectivity index (χ4v) is 4.05. The molecule has 0 bridgehead atoms. The Morgan fingerprint density at radius 3 is 2.37 bits per heavy atom. The Morgan fingerprint density at radius 2 is 1.74 bits per heavy atom. The van der Waals surface area contributed by atoms with Crippen LogP contribution < -0.4 is 5.32 Å². The molecule has 0 aliphatic heterocycles. The van der Waals surface area contributed by atoms with E-state index in [2.05, 4.69) is 5.32 Å². The number of hydrogen-bond donors (Lipinski definition) is 2. The predicted molar refractivity (Wildman–Crippen MR) is 105 cm³/mol. The largest absolute Gasteiger partial charge is 0.389 e. The van der Waals surface area contributed by atoms with E-state index < -0.39 is 11.5 Å². The Morgan fingerprint density at radius 1 is 1.07 bits per heavy atom. The average molecular weight is 410 g/mol. The van der Waals surface area contributed by atoms with E-state index in [4.69, 9.17) is 23.2 Å². The van der Waals surface area contributed by atoms with Crippen molar-refractivity contribution < 1.29 is 14.3 Å². The maximum atomic E-state index is 13.1. The van der Waals surface area contributed by atoms with Crippen molar-refractivity contribution in [2.24, 2.45) is 0 Å². The molecule has 3 nitrogen and oxygen atoms in total. The van der Waals surface area contributed by atoms with Crippen LogP contribution in [0.25, 0.3) is 0 Å². The summed E-state index contributed by atoms with van der Waals surface area (Å²) >= 11 is 12.2. The van der Waals surface area contributed by atoms with Gasteiger partial charge in [0.2, 0.25) is 5.91 Å². The molecule has 144 valence electrons. The minimum absolute atomic E-state index is 0.257. The molecule has 3 rings (SSSR count). The van der Waals surface area contributed by atoms with Gasteiger partial charge in [0.1, 0.15) is 5.82 Å². The van der Waals surface area contributed by atoms with Crippen molar-refractivity contribution in [2.75, 3.05) is 0 Å². The first-order chi connectivity index (χ1) is 12.9.